The Morgan fingerprint density at radius 1 is 1.12 bits per heavy atom. The van der Waals surface area contributed by atoms with Crippen LogP contribution in [0.15, 0.2) is 59.9 Å². The molecule has 3 aromatic heterocycles. The van der Waals surface area contributed by atoms with Crippen molar-refractivity contribution in [1.29, 1.82) is 0 Å². The van der Waals surface area contributed by atoms with E-state index in [4.69, 9.17) is 9.47 Å². The summed E-state index contributed by atoms with van der Waals surface area (Å²) in [4.78, 5) is 27.9. The Hall–Kier alpha value is -4.29. The second kappa shape index (κ2) is 10.9. The second-order valence-electron chi connectivity index (χ2n) is 11.2. The van der Waals surface area contributed by atoms with Gasteiger partial charge in [0.2, 0.25) is 11.8 Å². The number of aryl methyl sites for hydroxylation is 1. The number of H-pyrrole nitrogens is 1. The minimum absolute atomic E-state index is 0.148. The first-order valence-electron chi connectivity index (χ1n) is 13.1. The lowest BCUT2D eigenvalue weighted by Gasteiger charge is -2.16. The SMILES string of the molecule is Cn1cc(-c2ccc3[nH]c[n+](CC(=O)O)c3c2Oc2ccc(F)cc2F)c2ccn(COCC[Si](C)(C)C)c2c1=O. The van der Waals surface area contributed by atoms with Crippen LogP contribution >= 0.6 is 0 Å². The monoisotopic (exact) mass is 581 g/mol. The van der Waals surface area contributed by atoms with Gasteiger partial charge in [0.15, 0.2) is 29.4 Å². The quantitative estimate of drug-likeness (QED) is 0.133. The van der Waals surface area contributed by atoms with Crippen LogP contribution in [0.25, 0.3) is 33.1 Å². The van der Waals surface area contributed by atoms with Gasteiger partial charge in [-0.1, -0.05) is 19.6 Å². The molecular formula is C29H31F2N4O5Si+. The van der Waals surface area contributed by atoms with Gasteiger partial charge < -0.3 is 23.7 Å². The topological polar surface area (TPSA) is 102 Å². The van der Waals surface area contributed by atoms with Gasteiger partial charge in [0.05, 0.1) is 0 Å². The van der Waals surface area contributed by atoms with Gasteiger partial charge in [-0.25, -0.2) is 23.1 Å². The molecule has 0 radical (unpaired) electrons. The normalized spacial score (nSPS) is 12.0. The van der Waals surface area contributed by atoms with Crippen molar-refractivity contribution in [3.63, 3.8) is 0 Å². The number of nitrogens with one attached hydrogen (secondary N) is 1. The van der Waals surface area contributed by atoms with Gasteiger partial charge in [-0.3, -0.25) is 4.79 Å². The highest BCUT2D eigenvalue weighted by Crippen LogP contribution is 2.41. The fraction of sp³-hybridized carbons (Fsp3) is 0.276. The van der Waals surface area contributed by atoms with Gasteiger partial charge in [-0.15, -0.1) is 0 Å². The Bertz CT molecular complexity index is 1840. The molecule has 5 rings (SSSR count). The van der Waals surface area contributed by atoms with Crippen molar-refractivity contribution in [1.82, 2.24) is 14.1 Å². The molecule has 5 aromatic rings. The van der Waals surface area contributed by atoms with E-state index in [1.165, 1.54) is 21.5 Å². The number of aliphatic carboxylic acids is 1. The number of carboxylic acids is 1. The highest BCUT2D eigenvalue weighted by molar-refractivity contribution is 6.76. The number of carbonyl (C=O) groups is 1. The summed E-state index contributed by atoms with van der Waals surface area (Å²) in [5, 5.41) is 10.1. The van der Waals surface area contributed by atoms with Crippen molar-refractivity contribution in [2.75, 3.05) is 6.61 Å². The Morgan fingerprint density at radius 2 is 1.90 bits per heavy atom. The first-order chi connectivity index (χ1) is 19.4. The molecule has 214 valence electrons. The van der Waals surface area contributed by atoms with Crippen molar-refractivity contribution in [2.45, 2.75) is 39.0 Å². The maximum Gasteiger partial charge on any atom is 0.346 e. The minimum atomic E-state index is -1.29. The van der Waals surface area contributed by atoms with Crippen molar-refractivity contribution in [3.05, 3.63) is 77.1 Å². The van der Waals surface area contributed by atoms with Crippen LogP contribution in [-0.4, -0.2) is 39.9 Å². The van der Waals surface area contributed by atoms with Crippen molar-refractivity contribution in [3.8, 4) is 22.6 Å². The molecule has 2 N–H and O–H groups in total. The number of ether oxygens (including phenoxy) is 2. The number of hydrogen-bond donors (Lipinski definition) is 2. The zero-order valence-corrected chi connectivity index (χ0v) is 24.2. The average Bonchev–Trinajstić information content (AvgIpc) is 3.50. The summed E-state index contributed by atoms with van der Waals surface area (Å²) in [7, 11) is 0.347. The predicted molar refractivity (Wildman–Crippen MR) is 153 cm³/mol. The molecular weight excluding hydrogens is 550 g/mol. The van der Waals surface area contributed by atoms with E-state index in [-0.39, 0.29) is 30.3 Å². The van der Waals surface area contributed by atoms with Crippen LogP contribution in [0.5, 0.6) is 11.5 Å². The molecule has 9 nitrogen and oxygen atoms in total. The molecule has 0 amide bonds. The van der Waals surface area contributed by atoms with Crippen LogP contribution in [0, 0.1) is 11.6 Å². The van der Waals surface area contributed by atoms with Crippen molar-refractivity contribution < 1.29 is 32.7 Å². The molecule has 0 atom stereocenters. The number of carboxylic acid groups (broad SMARTS) is 1. The molecule has 0 spiro atoms. The van der Waals surface area contributed by atoms with E-state index in [1.807, 2.05) is 6.07 Å². The first kappa shape index (κ1) is 28.2. The highest BCUT2D eigenvalue weighted by Gasteiger charge is 2.26. The molecule has 12 heteroatoms. The predicted octanol–water partition coefficient (Wildman–Crippen LogP) is 5.24. The molecule has 0 aliphatic rings. The zero-order chi connectivity index (χ0) is 29.5. The molecule has 0 saturated carbocycles. The first-order valence-corrected chi connectivity index (χ1v) is 16.8. The number of rotatable bonds is 10. The van der Waals surface area contributed by atoms with Gasteiger partial charge in [0.1, 0.15) is 18.1 Å². The zero-order valence-electron chi connectivity index (χ0n) is 23.2. The number of hydrogen-bond acceptors (Lipinski definition) is 4. The lowest BCUT2D eigenvalue weighted by molar-refractivity contribution is -0.659. The number of nitrogens with zero attached hydrogens (tertiary/aromatic N) is 3. The number of halogens is 2. The van der Waals surface area contributed by atoms with Crippen LogP contribution in [0.2, 0.25) is 25.7 Å². The van der Waals surface area contributed by atoms with Crippen LogP contribution in [0.3, 0.4) is 0 Å². The lowest BCUT2D eigenvalue weighted by atomic mass is 10.0. The number of benzene rings is 2. The molecule has 0 saturated heterocycles. The van der Waals surface area contributed by atoms with Crippen LogP contribution in [-0.2, 0) is 29.9 Å². The summed E-state index contributed by atoms with van der Waals surface area (Å²) in [5.74, 6) is -2.85. The molecule has 3 heterocycles. The molecule has 41 heavy (non-hydrogen) atoms. The standard InChI is InChI=1S/C29H30F2N4O5Si/c1-33-14-21(19-9-10-34(26(19)29(33)38)17-39-11-12-41(2,3)4)20-6-7-23-27(35(16-32-23)15-25(36)37)28(20)40-24-8-5-18(30)13-22(24)31/h5-10,13-14,16H,11-12,15,17H2,1-4H3,(H,36,37)/p+1. The maximum atomic E-state index is 14.8. The number of imidazole rings is 1. The summed E-state index contributed by atoms with van der Waals surface area (Å²) in [6.07, 6.45) is 4.93. The highest BCUT2D eigenvalue weighted by atomic mass is 28.3. The van der Waals surface area contributed by atoms with Crippen LogP contribution in [0.4, 0.5) is 8.78 Å². The van der Waals surface area contributed by atoms with Gasteiger partial charge in [0, 0.05) is 56.7 Å². The Kier molecular flexibility index (Phi) is 7.54. The summed E-state index contributed by atoms with van der Waals surface area (Å²) < 4.78 is 45.1. The number of aromatic amines is 1. The Labute approximate surface area is 235 Å². The van der Waals surface area contributed by atoms with Crippen LogP contribution < -0.4 is 14.9 Å². The number of fused-ring (bicyclic) bond motifs is 2. The molecule has 0 bridgehead atoms. The fourth-order valence-corrected chi connectivity index (χ4v) is 5.48. The number of pyridine rings is 1. The third-order valence-electron chi connectivity index (χ3n) is 6.82. The molecule has 2 aromatic carbocycles. The van der Waals surface area contributed by atoms with E-state index in [2.05, 4.69) is 24.6 Å². The molecule has 0 fully saturated rings. The third kappa shape index (κ3) is 5.79. The lowest BCUT2D eigenvalue weighted by Crippen LogP contribution is -2.36. The van der Waals surface area contributed by atoms with E-state index >= 15 is 0 Å². The Morgan fingerprint density at radius 3 is 2.61 bits per heavy atom. The summed E-state index contributed by atoms with van der Waals surface area (Å²) in [6.45, 7) is 7.20. The van der Waals surface area contributed by atoms with Gasteiger partial charge >= 0.3 is 5.97 Å². The van der Waals surface area contributed by atoms with Gasteiger partial charge in [-0.2, -0.15) is 0 Å². The smallest absolute Gasteiger partial charge is 0.346 e. The maximum absolute atomic E-state index is 14.8. The van der Waals surface area contributed by atoms with Crippen LogP contribution in [0.1, 0.15) is 0 Å². The second-order valence-corrected chi connectivity index (χ2v) is 16.8. The van der Waals surface area contributed by atoms with E-state index in [0.29, 0.717) is 45.7 Å². The molecule has 0 unspecified atom stereocenters. The summed E-state index contributed by atoms with van der Waals surface area (Å²) in [5.41, 5.74) is 2.19. The van der Waals surface area contributed by atoms with Gasteiger partial charge in [-0.05, 0) is 36.4 Å². The molecule has 0 aliphatic carbocycles. The average molecular weight is 582 g/mol. The third-order valence-corrected chi connectivity index (χ3v) is 8.53. The summed E-state index contributed by atoms with van der Waals surface area (Å²) in [6, 6.07) is 9.27. The largest absolute Gasteiger partial charge is 0.478 e. The fourth-order valence-electron chi connectivity index (χ4n) is 4.72. The Balaban J connectivity index is 1.69. The van der Waals surface area contributed by atoms with Gasteiger partial charge in [0.25, 0.3) is 5.56 Å². The van der Waals surface area contributed by atoms with E-state index in [0.717, 1.165) is 12.1 Å². The van der Waals surface area contributed by atoms with E-state index in [9.17, 15) is 23.5 Å². The van der Waals surface area contributed by atoms with Crippen molar-refractivity contribution in [2.24, 2.45) is 7.05 Å². The minimum Gasteiger partial charge on any atom is -0.478 e. The van der Waals surface area contributed by atoms with E-state index < -0.39 is 25.7 Å². The molecule has 0 aliphatic heterocycles. The summed E-state index contributed by atoms with van der Waals surface area (Å²) >= 11 is 0. The number of aromatic nitrogens is 4. The van der Waals surface area contributed by atoms with Crippen molar-refractivity contribution >= 4 is 36.0 Å². The van der Waals surface area contributed by atoms with E-state index in [1.54, 1.807) is 36.1 Å².